The summed E-state index contributed by atoms with van der Waals surface area (Å²) in [6.45, 7) is 5.93. The molecular weight excluding hydrogens is 178 g/mol. The van der Waals surface area contributed by atoms with Crippen molar-refractivity contribution in [2.75, 3.05) is 0 Å². The highest BCUT2D eigenvalue weighted by atomic mass is 16.1. The van der Waals surface area contributed by atoms with Crippen molar-refractivity contribution in [3.63, 3.8) is 0 Å². The summed E-state index contributed by atoms with van der Waals surface area (Å²) in [5, 5.41) is 0. The Morgan fingerprint density at radius 1 is 1.50 bits per heavy atom. The lowest BCUT2D eigenvalue weighted by Gasteiger charge is -2.08. The van der Waals surface area contributed by atoms with E-state index in [1.807, 2.05) is 26.8 Å². The molecule has 0 aliphatic carbocycles. The summed E-state index contributed by atoms with van der Waals surface area (Å²) < 4.78 is 0. The number of hydrogen-bond acceptors (Lipinski definition) is 3. The van der Waals surface area contributed by atoms with Crippen molar-refractivity contribution >= 4 is 0 Å². The van der Waals surface area contributed by atoms with Gasteiger partial charge in [0.1, 0.15) is 0 Å². The normalized spacial score (nSPS) is 13.2. The van der Waals surface area contributed by atoms with E-state index < -0.39 is 0 Å². The van der Waals surface area contributed by atoms with Crippen molar-refractivity contribution < 1.29 is 0 Å². The van der Waals surface area contributed by atoms with E-state index in [9.17, 15) is 4.79 Å². The van der Waals surface area contributed by atoms with Crippen LogP contribution >= 0.6 is 0 Å². The molecule has 1 rings (SSSR count). The van der Waals surface area contributed by atoms with Crippen LogP contribution in [0.15, 0.2) is 10.9 Å². The van der Waals surface area contributed by atoms with E-state index in [4.69, 9.17) is 5.73 Å². The maximum atomic E-state index is 11.2. The molecule has 0 aliphatic heterocycles. The first-order valence-electron chi connectivity index (χ1n) is 4.84. The van der Waals surface area contributed by atoms with Crippen LogP contribution in [-0.4, -0.2) is 16.0 Å². The molecule has 0 bridgehead atoms. The first-order chi connectivity index (χ1) is 6.49. The van der Waals surface area contributed by atoms with Gasteiger partial charge in [-0.05, 0) is 18.9 Å². The maximum Gasteiger partial charge on any atom is 0.345 e. The number of aromatic amines is 1. The van der Waals surface area contributed by atoms with Gasteiger partial charge in [-0.1, -0.05) is 13.8 Å². The largest absolute Gasteiger partial charge is 0.345 e. The number of nitrogens with zero attached hydrogens (tertiary/aromatic N) is 1. The van der Waals surface area contributed by atoms with E-state index in [1.54, 1.807) is 0 Å². The van der Waals surface area contributed by atoms with Crippen molar-refractivity contribution in [1.29, 1.82) is 0 Å². The number of nitrogens with one attached hydrogen (secondary N) is 1. The molecule has 3 N–H and O–H groups in total. The standard InChI is InChI=1S/C10H17N3O/c1-6(2)9-5-8(4-7(3)11)12-10(14)13-9/h5-7H,4,11H2,1-3H3,(H,12,13,14). The van der Waals surface area contributed by atoms with Gasteiger partial charge in [-0.15, -0.1) is 0 Å². The molecule has 1 aromatic rings. The highest BCUT2D eigenvalue weighted by Crippen LogP contribution is 2.10. The van der Waals surface area contributed by atoms with Crippen LogP contribution in [0.2, 0.25) is 0 Å². The first kappa shape index (κ1) is 10.9. The van der Waals surface area contributed by atoms with Crippen molar-refractivity contribution in [3.8, 4) is 0 Å². The van der Waals surface area contributed by atoms with Crippen LogP contribution in [0, 0.1) is 0 Å². The van der Waals surface area contributed by atoms with Gasteiger partial charge in [-0.3, -0.25) is 0 Å². The van der Waals surface area contributed by atoms with Crippen molar-refractivity contribution in [2.45, 2.75) is 39.2 Å². The molecular formula is C10H17N3O. The molecule has 0 aromatic carbocycles. The Kier molecular flexibility index (Phi) is 3.41. The smallest absolute Gasteiger partial charge is 0.328 e. The molecule has 1 heterocycles. The third kappa shape index (κ3) is 2.96. The lowest BCUT2D eigenvalue weighted by Crippen LogP contribution is -2.22. The molecule has 4 nitrogen and oxygen atoms in total. The highest BCUT2D eigenvalue weighted by molar-refractivity contribution is 5.12. The Hall–Kier alpha value is -1.16. The van der Waals surface area contributed by atoms with E-state index in [0.29, 0.717) is 6.42 Å². The minimum absolute atomic E-state index is 0.0491. The fourth-order valence-electron chi connectivity index (χ4n) is 1.28. The zero-order valence-corrected chi connectivity index (χ0v) is 8.87. The van der Waals surface area contributed by atoms with E-state index in [2.05, 4.69) is 9.97 Å². The zero-order valence-electron chi connectivity index (χ0n) is 8.87. The Morgan fingerprint density at radius 3 is 2.64 bits per heavy atom. The lowest BCUT2D eigenvalue weighted by molar-refractivity contribution is 0.704. The molecule has 0 saturated heterocycles. The highest BCUT2D eigenvalue weighted by Gasteiger charge is 2.05. The quantitative estimate of drug-likeness (QED) is 0.748. The molecule has 14 heavy (non-hydrogen) atoms. The van der Waals surface area contributed by atoms with Gasteiger partial charge in [-0.2, -0.15) is 4.98 Å². The topological polar surface area (TPSA) is 71.8 Å². The van der Waals surface area contributed by atoms with Crippen LogP contribution in [0.3, 0.4) is 0 Å². The summed E-state index contributed by atoms with van der Waals surface area (Å²) >= 11 is 0. The summed E-state index contributed by atoms with van der Waals surface area (Å²) in [6.07, 6.45) is 0.678. The molecule has 4 heteroatoms. The molecule has 0 saturated carbocycles. The van der Waals surface area contributed by atoms with Gasteiger partial charge in [-0.25, -0.2) is 4.79 Å². The summed E-state index contributed by atoms with van der Waals surface area (Å²) in [7, 11) is 0. The molecule has 0 radical (unpaired) electrons. The van der Waals surface area contributed by atoms with Gasteiger partial charge < -0.3 is 10.7 Å². The molecule has 0 spiro atoms. The van der Waals surface area contributed by atoms with E-state index in [1.165, 1.54) is 0 Å². The van der Waals surface area contributed by atoms with Crippen molar-refractivity contribution in [1.82, 2.24) is 9.97 Å². The first-order valence-corrected chi connectivity index (χ1v) is 4.84. The predicted octanol–water partition coefficient (Wildman–Crippen LogP) is 0.783. The summed E-state index contributed by atoms with van der Waals surface area (Å²) in [5.74, 6) is 0.268. The second-order valence-corrected chi connectivity index (χ2v) is 3.97. The Balaban J connectivity index is 3.01. The van der Waals surface area contributed by atoms with Crippen LogP contribution in [0.4, 0.5) is 0 Å². The second kappa shape index (κ2) is 4.37. The number of rotatable bonds is 3. The molecule has 0 aliphatic rings. The Labute approximate surface area is 83.6 Å². The maximum absolute atomic E-state index is 11.2. The molecule has 0 fully saturated rings. The molecule has 0 amide bonds. The van der Waals surface area contributed by atoms with E-state index in [0.717, 1.165) is 11.4 Å². The molecule has 1 atom stereocenters. The van der Waals surface area contributed by atoms with Gasteiger partial charge >= 0.3 is 5.69 Å². The Morgan fingerprint density at radius 2 is 2.14 bits per heavy atom. The number of H-pyrrole nitrogens is 1. The van der Waals surface area contributed by atoms with Gasteiger partial charge in [0, 0.05) is 18.2 Å². The van der Waals surface area contributed by atoms with Crippen LogP contribution in [0.1, 0.15) is 38.1 Å². The fourth-order valence-corrected chi connectivity index (χ4v) is 1.28. The summed E-state index contributed by atoms with van der Waals surface area (Å²) in [5.41, 5.74) is 7.06. The second-order valence-electron chi connectivity index (χ2n) is 3.97. The van der Waals surface area contributed by atoms with Crippen molar-refractivity contribution in [3.05, 3.63) is 27.9 Å². The van der Waals surface area contributed by atoms with Gasteiger partial charge in [0.15, 0.2) is 0 Å². The molecule has 1 unspecified atom stereocenters. The predicted molar refractivity (Wildman–Crippen MR) is 56.3 cm³/mol. The third-order valence-corrected chi connectivity index (χ3v) is 1.95. The minimum Gasteiger partial charge on any atom is -0.328 e. The van der Waals surface area contributed by atoms with Gasteiger partial charge in [0.25, 0.3) is 0 Å². The van der Waals surface area contributed by atoms with E-state index >= 15 is 0 Å². The number of nitrogens with two attached hydrogens (primary N) is 1. The average Bonchev–Trinajstić information content (AvgIpc) is 2.01. The van der Waals surface area contributed by atoms with Crippen molar-refractivity contribution in [2.24, 2.45) is 5.73 Å². The van der Waals surface area contributed by atoms with E-state index in [-0.39, 0.29) is 17.6 Å². The van der Waals surface area contributed by atoms with Gasteiger partial charge in [0.05, 0.1) is 5.69 Å². The summed E-state index contributed by atoms with van der Waals surface area (Å²) in [6, 6.07) is 1.96. The zero-order chi connectivity index (χ0) is 10.7. The summed E-state index contributed by atoms with van der Waals surface area (Å²) in [4.78, 5) is 17.8. The van der Waals surface area contributed by atoms with Crippen LogP contribution in [0.25, 0.3) is 0 Å². The van der Waals surface area contributed by atoms with Crippen LogP contribution in [-0.2, 0) is 6.42 Å². The average molecular weight is 195 g/mol. The van der Waals surface area contributed by atoms with Crippen LogP contribution in [0.5, 0.6) is 0 Å². The fraction of sp³-hybridized carbons (Fsp3) is 0.600. The number of hydrogen-bond donors (Lipinski definition) is 2. The SMILES string of the molecule is CC(N)Cc1cc(C(C)C)nc(=O)[nH]1. The minimum atomic E-state index is -0.285. The Bertz CT molecular complexity index is 355. The monoisotopic (exact) mass is 195 g/mol. The third-order valence-electron chi connectivity index (χ3n) is 1.95. The lowest BCUT2D eigenvalue weighted by atomic mass is 10.1. The van der Waals surface area contributed by atoms with Gasteiger partial charge in [0.2, 0.25) is 0 Å². The molecule has 1 aromatic heterocycles. The number of aromatic nitrogens is 2. The van der Waals surface area contributed by atoms with Crippen LogP contribution < -0.4 is 11.4 Å². The molecule has 78 valence electrons.